The number of hydrogen-bond acceptors (Lipinski definition) is 13. The molecule has 0 radical (unpaired) electrons. The van der Waals surface area contributed by atoms with Crippen molar-refractivity contribution in [3.63, 3.8) is 0 Å². The summed E-state index contributed by atoms with van der Waals surface area (Å²) >= 11 is 0. The molecule has 2 saturated heterocycles. The lowest BCUT2D eigenvalue weighted by molar-refractivity contribution is -0.150. The summed E-state index contributed by atoms with van der Waals surface area (Å²) in [6.45, 7) is 12.2. The first-order chi connectivity index (χ1) is 36.2. The minimum Gasteiger partial charge on any atom is -0.497 e. The average molecular weight is 1070 g/mol. The SMILES string of the molecule is CCCCCCCCC(CCCCCCCC)OC(=O)CCCCCCCC(=O)Oc1ccc(CC(=O)OCCC2CCN(CCSSCCN3CCC(CCOC(=O)Cc4ccc(OC)cc4)CC3)CC2)cc1. The Morgan fingerprint density at radius 2 is 0.919 bits per heavy atom. The van der Waals surface area contributed by atoms with Gasteiger partial charge in [0.15, 0.2) is 0 Å². The standard InChI is InChI=1S/C61H98N2O9S2/c1-4-6-8-10-13-17-21-56(22-18-14-11-9-7-5-2)71-58(64)23-19-15-12-16-20-24-59(65)72-57-31-27-54(28-32-57)50-61(67)70-46-38-52-35-41-63(42-36-52)44-48-74-73-47-43-62-39-33-51(34-40-62)37-45-69-60(66)49-53-25-29-55(68-3)30-26-53/h25-32,51-52,56H,4-24,33-50H2,1-3H3. The van der Waals surface area contributed by atoms with Crippen LogP contribution in [0.15, 0.2) is 48.5 Å². The number of carbonyl (C=O) groups is 4. The zero-order valence-corrected chi connectivity index (χ0v) is 47.9. The van der Waals surface area contributed by atoms with E-state index in [0.717, 1.165) is 151 Å². The Hall–Kier alpha value is -3.26. The summed E-state index contributed by atoms with van der Waals surface area (Å²) in [5, 5.41) is 0. The molecule has 418 valence electrons. The third kappa shape index (κ3) is 30.5. The fraction of sp³-hybridized carbons (Fsp3) is 0.738. The Kier molecular flexibility index (Phi) is 35.0. The van der Waals surface area contributed by atoms with Gasteiger partial charge in [0.2, 0.25) is 0 Å². The van der Waals surface area contributed by atoms with Crippen molar-refractivity contribution in [1.29, 1.82) is 0 Å². The Balaban J connectivity index is 0.925. The van der Waals surface area contributed by atoms with Crippen molar-refractivity contribution in [2.75, 3.05) is 71.1 Å². The second-order valence-corrected chi connectivity index (χ2v) is 23.7. The molecule has 0 atom stereocenters. The Morgan fingerprint density at radius 1 is 0.514 bits per heavy atom. The van der Waals surface area contributed by atoms with E-state index < -0.39 is 0 Å². The van der Waals surface area contributed by atoms with E-state index in [-0.39, 0.29) is 36.4 Å². The van der Waals surface area contributed by atoms with Crippen molar-refractivity contribution < 1.29 is 42.9 Å². The number of rotatable bonds is 42. The van der Waals surface area contributed by atoms with Crippen molar-refractivity contribution in [2.24, 2.45) is 11.8 Å². The van der Waals surface area contributed by atoms with Gasteiger partial charge in [0, 0.05) is 37.4 Å². The zero-order valence-electron chi connectivity index (χ0n) is 46.3. The highest BCUT2D eigenvalue weighted by Crippen LogP contribution is 2.27. The van der Waals surface area contributed by atoms with Crippen LogP contribution in [0.4, 0.5) is 0 Å². The number of esters is 4. The van der Waals surface area contributed by atoms with Crippen LogP contribution in [-0.2, 0) is 46.2 Å². The van der Waals surface area contributed by atoms with E-state index in [2.05, 4.69) is 23.6 Å². The molecule has 2 aromatic rings. The van der Waals surface area contributed by atoms with Crippen LogP contribution in [0.5, 0.6) is 11.5 Å². The van der Waals surface area contributed by atoms with E-state index in [1.165, 1.54) is 77.0 Å². The first-order valence-corrected chi connectivity index (χ1v) is 31.8. The first kappa shape index (κ1) is 63.3. The third-order valence-electron chi connectivity index (χ3n) is 14.9. The highest BCUT2D eigenvalue weighted by atomic mass is 33.1. The molecule has 0 amide bonds. The van der Waals surface area contributed by atoms with E-state index in [0.29, 0.717) is 50.1 Å². The van der Waals surface area contributed by atoms with Crippen molar-refractivity contribution in [3.8, 4) is 11.5 Å². The summed E-state index contributed by atoms with van der Waals surface area (Å²) in [6.07, 6.45) is 29.4. The quantitative estimate of drug-likeness (QED) is 0.0206. The van der Waals surface area contributed by atoms with Crippen molar-refractivity contribution in [1.82, 2.24) is 9.80 Å². The summed E-state index contributed by atoms with van der Waals surface area (Å²) in [5.74, 6) is 4.08. The average Bonchev–Trinajstić information content (AvgIpc) is 3.40. The summed E-state index contributed by atoms with van der Waals surface area (Å²) in [4.78, 5) is 55.3. The molecular formula is C61H98N2O9S2. The van der Waals surface area contributed by atoms with E-state index in [1.807, 2.05) is 58.0 Å². The summed E-state index contributed by atoms with van der Waals surface area (Å²) in [5.41, 5.74) is 1.78. The van der Waals surface area contributed by atoms with Gasteiger partial charge >= 0.3 is 23.9 Å². The number of unbranched alkanes of at least 4 members (excludes halogenated alkanes) is 14. The van der Waals surface area contributed by atoms with Crippen LogP contribution in [0.1, 0.15) is 198 Å². The molecule has 2 aliphatic rings. The molecule has 13 heteroatoms. The predicted octanol–water partition coefficient (Wildman–Crippen LogP) is 14.2. The van der Waals surface area contributed by atoms with Crippen LogP contribution in [0, 0.1) is 11.8 Å². The van der Waals surface area contributed by atoms with Gasteiger partial charge in [-0.05, 0) is 150 Å². The molecule has 0 unspecified atom stereocenters. The molecule has 2 aliphatic heterocycles. The largest absolute Gasteiger partial charge is 0.497 e. The lowest BCUT2D eigenvalue weighted by Gasteiger charge is -2.32. The normalized spacial score (nSPS) is 14.8. The maximum atomic E-state index is 12.7. The third-order valence-corrected chi connectivity index (χ3v) is 17.3. The monoisotopic (exact) mass is 1070 g/mol. The molecule has 0 aliphatic carbocycles. The predicted molar refractivity (Wildman–Crippen MR) is 305 cm³/mol. The van der Waals surface area contributed by atoms with Gasteiger partial charge in [0.1, 0.15) is 17.6 Å². The Bertz CT molecular complexity index is 1750. The fourth-order valence-corrected chi connectivity index (χ4v) is 12.1. The summed E-state index contributed by atoms with van der Waals surface area (Å²) in [7, 11) is 5.62. The maximum absolute atomic E-state index is 12.7. The van der Waals surface area contributed by atoms with Crippen molar-refractivity contribution in [2.45, 2.75) is 206 Å². The van der Waals surface area contributed by atoms with Gasteiger partial charge in [-0.15, -0.1) is 0 Å². The highest BCUT2D eigenvalue weighted by Gasteiger charge is 2.22. The number of likely N-dealkylation sites (tertiary alicyclic amines) is 2. The molecule has 2 aromatic carbocycles. The van der Waals surface area contributed by atoms with Gasteiger partial charge in [-0.3, -0.25) is 19.2 Å². The van der Waals surface area contributed by atoms with Crippen LogP contribution >= 0.6 is 21.6 Å². The topological polar surface area (TPSA) is 121 Å². The molecule has 0 aromatic heterocycles. The van der Waals surface area contributed by atoms with Gasteiger partial charge in [0.05, 0.1) is 33.2 Å². The molecule has 0 saturated carbocycles. The van der Waals surface area contributed by atoms with Crippen LogP contribution < -0.4 is 9.47 Å². The molecule has 0 spiro atoms. The molecule has 11 nitrogen and oxygen atoms in total. The van der Waals surface area contributed by atoms with Crippen LogP contribution in [0.3, 0.4) is 0 Å². The highest BCUT2D eigenvalue weighted by molar-refractivity contribution is 8.76. The lowest BCUT2D eigenvalue weighted by atomic mass is 9.94. The molecular weight excluding hydrogens is 969 g/mol. The van der Waals surface area contributed by atoms with Gasteiger partial charge in [-0.2, -0.15) is 0 Å². The second-order valence-electron chi connectivity index (χ2n) is 21.0. The van der Waals surface area contributed by atoms with Gasteiger partial charge in [-0.1, -0.05) is 143 Å². The minimum absolute atomic E-state index is 0.0499. The summed E-state index contributed by atoms with van der Waals surface area (Å²) in [6, 6.07) is 14.7. The van der Waals surface area contributed by atoms with Crippen LogP contribution in [-0.4, -0.2) is 111 Å². The van der Waals surface area contributed by atoms with E-state index in [9.17, 15) is 19.2 Å². The summed E-state index contributed by atoms with van der Waals surface area (Å²) < 4.78 is 27.9. The fourth-order valence-electron chi connectivity index (χ4n) is 10.0. The van der Waals surface area contributed by atoms with Crippen molar-refractivity contribution in [3.05, 3.63) is 59.7 Å². The number of ether oxygens (including phenoxy) is 5. The van der Waals surface area contributed by atoms with Gasteiger partial charge in [0.25, 0.3) is 0 Å². The smallest absolute Gasteiger partial charge is 0.311 e. The number of carbonyl (C=O) groups excluding carboxylic acids is 4. The maximum Gasteiger partial charge on any atom is 0.311 e. The lowest BCUT2D eigenvalue weighted by Crippen LogP contribution is -2.36. The van der Waals surface area contributed by atoms with Gasteiger partial charge < -0.3 is 33.5 Å². The molecule has 4 rings (SSSR count). The van der Waals surface area contributed by atoms with Crippen LogP contribution in [0.25, 0.3) is 0 Å². The Morgan fingerprint density at radius 3 is 1.36 bits per heavy atom. The number of piperidine rings is 2. The molecule has 0 N–H and O–H groups in total. The molecule has 74 heavy (non-hydrogen) atoms. The zero-order chi connectivity index (χ0) is 52.7. The molecule has 0 bridgehead atoms. The van der Waals surface area contributed by atoms with E-state index in [4.69, 9.17) is 23.7 Å². The number of nitrogens with zero attached hydrogens (tertiary/aromatic N) is 2. The first-order valence-electron chi connectivity index (χ1n) is 29.3. The van der Waals surface area contributed by atoms with E-state index >= 15 is 0 Å². The number of methoxy groups -OCH3 is 1. The Labute approximate surface area is 456 Å². The van der Waals surface area contributed by atoms with E-state index in [1.54, 1.807) is 19.2 Å². The second kappa shape index (κ2) is 40.9. The number of hydrogen-bond donors (Lipinski definition) is 0. The number of benzene rings is 2. The van der Waals surface area contributed by atoms with Crippen LogP contribution in [0.2, 0.25) is 0 Å². The minimum atomic E-state index is -0.251. The molecule has 2 fully saturated rings. The van der Waals surface area contributed by atoms with Crippen molar-refractivity contribution >= 4 is 45.5 Å². The molecule has 2 heterocycles. The van der Waals surface area contributed by atoms with Gasteiger partial charge in [-0.25, -0.2) is 0 Å².